The zero-order valence-electron chi connectivity index (χ0n) is 18.0. The van der Waals surface area contributed by atoms with Crippen molar-refractivity contribution in [3.05, 3.63) is 24.3 Å². The van der Waals surface area contributed by atoms with Gasteiger partial charge in [-0.2, -0.15) is 0 Å². The number of carbonyl (C=O) groups is 1. The smallest absolute Gasteiger partial charge is 0.144 e. The summed E-state index contributed by atoms with van der Waals surface area (Å²) in [5.41, 5.74) is -0.276. The number of carbonyl (C=O) groups excluding carboxylic acids is 1. The Labute approximate surface area is 174 Å². The number of ketones is 1. The van der Waals surface area contributed by atoms with Crippen LogP contribution in [0.5, 0.6) is 0 Å². The van der Waals surface area contributed by atoms with Crippen molar-refractivity contribution in [1.82, 2.24) is 9.97 Å². The van der Waals surface area contributed by atoms with Crippen molar-refractivity contribution in [2.24, 2.45) is 40.9 Å². The first kappa shape index (κ1) is 19.7. The van der Waals surface area contributed by atoms with Crippen molar-refractivity contribution in [1.29, 1.82) is 0 Å². The fraction of sp³-hybridized carbons (Fsp3) is 0.800. The third-order valence-corrected chi connectivity index (χ3v) is 9.58. The second-order valence-corrected chi connectivity index (χ2v) is 11.2. The van der Waals surface area contributed by atoms with Crippen LogP contribution in [-0.2, 0) is 11.2 Å². The molecule has 0 unspecified atom stereocenters. The molecule has 8 atom stereocenters. The molecular formula is C25H36N2O2. The number of aliphatic hydroxyl groups is 1. The van der Waals surface area contributed by atoms with E-state index >= 15 is 0 Å². The minimum absolute atomic E-state index is 0.167. The van der Waals surface area contributed by atoms with Gasteiger partial charge in [0.05, 0.1) is 12.0 Å². The summed E-state index contributed by atoms with van der Waals surface area (Å²) in [5, 5.41) is 10.6. The van der Waals surface area contributed by atoms with Gasteiger partial charge in [0.1, 0.15) is 11.6 Å². The first-order valence-electron chi connectivity index (χ1n) is 11.9. The molecule has 1 aromatic rings. The monoisotopic (exact) mass is 396 g/mol. The molecule has 0 bridgehead atoms. The van der Waals surface area contributed by atoms with E-state index in [1.807, 2.05) is 13.0 Å². The van der Waals surface area contributed by atoms with Gasteiger partial charge in [0.15, 0.2) is 0 Å². The third-order valence-electron chi connectivity index (χ3n) is 9.58. The second kappa shape index (κ2) is 7.14. The average Bonchev–Trinajstić information content (AvgIpc) is 3.05. The van der Waals surface area contributed by atoms with Gasteiger partial charge >= 0.3 is 0 Å². The Kier molecular flexibility index (Phi) is 4.84. The quantitative estimate of drug-likeness (QED) is 0.810. The predicted octanol–water partition coefficient (Wildman–Crippen LogP) is 4.61. The Morgan fingerprint density at radius 2 is 1.76 bits per heavy atom. The van der Waals surface area contributed by atoms with Crippen LogP contribution in [0.4, 0.5) is 0 Å². The Hall–Kier alpha value is -1.29. The van der Waals surface area contributed by atoms with Crippen LogP contribution >= 0.6 is 0 Å². The highest BCUT2D eigenvalue weighted by atomic mass is 16.3. The van der Waals surface area contributed by atoms with Crippen LogP contribution in [0, 0.1) is 40.9 Å². The molecule has 158 valence electrons. The van der Waals surface area contributed by atoms with Gasteiger partial charge in [0, 0.05) is 18.3 Å². The van der Waals surface area contributed by atoms with Gasteiger partial charge in [0.2, 0.25) is 0 Å². The standard InChI is InChI=1S/C25H36N2O2/c1-24(29)10-8-17-16(15-24)4-5-19-18(17)9-11-25(2)20(19)6-7-21(25)22(28)14-23-26-12-3-13-27-23/h3,12-13,16-21,29H,4-11,14-15H2,1-2H3/t16-,17+,18-,19-,20+,21-,24-,25+/m1/s1. The second-order valence-electron chi connectivity index (χ2n) is 11.2. The van der Waals surface area contributed by atoms with Crippen LogP contribution in [-0.4, -0.2) is 26.5 Å². The Morgan fingerprint density at radius 1 is 1.00 bits per heavy atom. The minimum Gasteiger partial charge on any atom is -0.390 e. The molecule has 5 rings (SSSR count). The molecule has 0 saturated heterocycles. The van der Waals surface area contributed by atoms with Crippen molar-refractivity contribution in [2.75, 3.05) is 0 Å². The van der Waals surface area contributed by atoms with Crippen molar-refractivity contribution < 1.29 is 9.90 Å². The molecule has 4 fully saturated rings. The van der Waals surface area contributed by atoms with E-state index in [0.29, 0.717) is 23.9 Å². The largest absolute Gasteiger partial charge is 0.390 e. The van der Waals surface area contributed by atoms with Crippen LogP contribution in [0.25, 0.3) is 0 Å². The van der Waals surface area contributed by atoms with Crippen LogP contribution in [0.15, 0.2) is 18.5 Å². The molecular weight excluding hydrogens is 360 g/mol. The first-order chi connectivity index (χ1) is 13.9. The molecule has 4 heteroatoms. The lowest BCUT2D eigenvalue weighted by Crippen LogP contribution is -2.51. The van der Waals surface area contributed by atoms with E-state index in [1.165, 1.54) is 38.5 Å². The number of nitrogens with zero attached hydrogens (tertiary/aromatic N) is 2. The molecule has 4 aliphatic carbocycles. The lowest BCUT2D eigenvalue weighted by molar-refractivity contribution is -0.131. The van der Waals surface area contributed by atoms with E-state index in [2.05, 4.69) is 16.9 Å². The first-order valence-corrected chi connectivity index (χ1v) is 11.9. The van der Waals surface area contributed by atoms with Gasteiger partial charge in [-0.05, 0) is 106 Å². The van der Waals surface area contributed by atoms with E-state index in [1.54, 1.807) is 12.4 Å². The highest BCUT2D eigenvalue weighted by Gasteiger charge is 2.58. The molecule has 0 amide bonds. The summed E-state index contributed by atoms with van der Waals surface area (Å²) in [7, 11) is 0. The van der Waals surface area contributed by atoms with Crippen LogP contribution in [0.2, 0.25) is 0 Å². The number of fused-ring (bicyclic) bond motifs is 5. The molecule has 29 heavy (non-hydrogen) atoms. The molecule has 0 aliphatic heterocycles. The molecule has 4 nitrogen and oxygen atoms in total. The highest BCUT2D eigenvalue weighted by molar-refractivity contribution is 5.83. The van der Waals surface area contributed by atoms with Crippen LogP contribution < -0.4 is 0 Å². The topological polar surface area (TPSA) is 63.1 Å². The van der Waals surface area contributed by atoms with Crippen LogP contribution in [0.3, 0.4) is 0 Å². The van der Waals surface area contributed by atoms with E-state index in [0.717, 1.165) is 42.9 Å². The van der Waals surface area contributed by atoms with E-state index in [4.69, 9.17) is 0 Å². The molecule has 1 heterocycles. The Morgan fingerprint density at radius 3 is 2.55 bits per heavy atom. The van der Waals surface area contributed by atoms with Crippen molar-refractivity contribution in [3.8, 4) is 0 Å². The highest BCUT2D eigenvalue weighted by Crippen LogP contribution is 2.64. The molecule has 1 aromatic heterocycles. The molecule has 0 aromatic carbocycles. The van der Waals surface area contributed by atoms with Gasteiger partial charge in [-0.1, -0.05) is 6.92 Å². The van der Waals surface area contributed by atoms with Gasteiger partial charge in [0.25, 0.3) is 0 Å². The normalized spacial score (nSPS) is 46.4. The fourth-order valence-corrected chi connectivity index (χ4v) is 8.31. The van der Waals surface area contributed by atoms with Gasteiger partial charge < -0.3 is 5.11 Å². The summed E-state index contributed by atoms with van der Waals surface area (Å²) in [4.78, 5) is 21.8. The molecule has 1 N–H and O–H groups in total. The fourth-order valence-electron chi connectivity index (χ4n) is 8.31. The maximum Gasteiger partial charge on any atom is 0.144 e. The number of hydrogen-bond donors (Lipinski definition) is 1. The van der Waals surface area contributed by atoms with Gasteiger partial charge in [-0.15, -0.1) is 0 Å². The maximum absolute atomic E-state index is 13.2. The summed E-state index contributed by atoms with van der Waals surface area (Å²) in [5.74, 6) is 5.08. The molecule has 0 radical (unpaired) electrons. The van der Waals surface area contributed by atoms with E-state index < -0.39 is 5.60 Å². The summed E-state index contributed by atoms with van der Waals surface area (Å²) >= 11 is 0. The van der Waals surface area contributed by atoms with Crippen LogP contribution in [0.1, 0.15) is 77.5 Å². The summed E-state index contributed by atoms with van der Waals surface area (Å²) in [6, 6.07) is 1.81. The minimum atomic E-state index is -0.443. The van der Waals surface area contributed by atoms with Crippen molar-refractivity contribution in [3.63, 3.8) is 0 Å². The van der Waals surface area contributed by atoms with E-state index in [9.17, 15) is 9.90 Å². The lowest BCUT2D eigenvalue weighted by Gasteiger charge is -2.56. The lowest BCUT2D eigenvalue weighted by atomic mass is 9.49. The summed E-state index contributed by atoms with van der Waals surface area (Å²) in [6.45, 7) is 4.46. The average molecular weight is 397 g/mol. The van der Waals surface area contributed by atoms with Gasteiger partial charge in [-0.25, -0.2) is 9.97 Å². The Bertz CT molecular complexity index is 763. The summed E-state index contributed by atoms with van der Waals surface area (Å²) < 4.78 is 0. The molecule has 4 saturated carbocycles. The number of aromatic nitrogens is 2. The zero-order chi connectivity index (χ0) is 20.2. The molecule has 0 spiro atoms. The van der Waals surface area contributed by atoms with Crippen molar-refractivity contribution >= 4 is 5.78 Å². The third kappa shape index (κ3) is 3.36. The molecule has 4 aliphatic rings. The maximum atomic E-state index is 13.2. The number of rotatable bonds is 3. The Balaban J connectivity index is 1.31. The van der Waals surface area contributed by atoms with Gasteiger partial charge in [-0.3, -0.25) is 4.79 Å². The summed E-state index contributed by atoms with van der Waals surface area (Å²) in [6.07, 6.45) is 14.4. The van der Waals surface area contributed by atoms with E-state index in [-0.39, 0.29) is 11.3 Å². The van der Waals surface area contributed by atoms with Crippen molar-refractivity contribution in [2.45, 2.75) is 83.7 Å². The zero-order valence-corrected chi connectivity index (χ0v) is 18.0. The predicted molar refractivity (Wildman–Crippen MR) is 112 cm³/mol. The number of hydrogen-bond acceptors (Lipinski definition) is 4. The number of Topliss-reactive ketones (excluding diaryl/α,β-unsaturated/α-hetero) is 1. The SMILES string of the molecule is C[C@@]1(O)CC[C@H]2[C@H](CC[C@@H]3[C@@H]2CC[C@]2(C)[C@@H](C(=O)Cc4ncccn4)CC[C@@H]32)C1.